The van der Waals surface area contributed by atoms with Crippen molar-refractivity contribution >= 4 is 21.9 Å². The van der Waals surface area contributed by atoms with Gasteiger partial charge in [0.15, 0.2) is 0 Å². The second-order valence-corrected chi connectivity index (χ2v) is 4.12. The van der Waals surface area contributed by atoms with E-state index >= 15 is 0 Å². The van der Waals surface area contributed by atoms with E-state index in [-0.39, 0.29) is 5.82 Å². The minimum atomic E-state index is -0.218. The summed E-state index contributed by atoms with van der Waals surface area (Å²) in [6.45, 7) is 3.90. The van der Waals surface area contributed by atoms with Gasteiger partial charge in [0.1, 0.15) is 17.0 Å². The van der Waals surface area contributed by atoms with Gasteiger partial charge in [-0.2, -0.15) is 0 Å². The van der Waals surface area contributed by atoms with Crippen molar-refractivity contribution in [2.24, 2.45) is 0 Å². The van der Waals surface area contributed by atoms with E-state index in [9.17, 15) is 4.39 Å². The van der Waals surface area contributed by atoms with E-state index in [1.54, 1.807) is 6.07 Å². The molecular weight excluding hydrogens is 203 g/mol. The molecule has 0 amide bonds. The Kier molecular flexibility index (Phi) is 1.81. The monoisotopic (exact) mass is 214 g/mol. The number of halogens is 1. The molecule has 0 unspecified atom stereocenters. The van der Waals surface area contributed by atoms with Gasteiger partial charge in [0, 0.05) is 5.39 Å². The second kappa shape index (κ2) is 3.08. The summed E-state index contributed by atoms with van der Waals surface area (Å²) in [6.07, 6.45) is 0. The molecule has 1 nitrogen and oxygen atoms in total. The lowest BCUT2D eigenvalue weighted by Crippen LogP contribution is -1.78. The van der Waals surface area contributed by atoms with Crippen LogP contribution in [0.3, 0.4) is 0 Å². The quantitative estimate of drug-likeness (QED) is 0.542. The van der Waals surface area contributed by atoms with Crippen LogP contribution in [0, 0.1) is 19.7 Å². The van der Waals surface area contributed by atoms with Crippen molar-refractivity contribution < 1.29 is 8.81 Å². The highest BCUT2D eigenvalue weighted by Crippen LogP contribution is 2.33. The number of hydrogen-bond acceptors (Lipinski definition) is 1. The molecule has 0 aliphatic heterocycles. The van der Waals surface area contributed by atoms with Crippen LogP contribution in [0.15, 0.2) is 34.7 Å². The first kappa shape index (κ1) is 9.40. The summed E-state index contributed by atoms with van der Waals surface area (Å²) in [5, 5.41) is 1.45. The molecule has 0 atom stereocenters. The summed E-state index contributed by atoms with van der Waals surface area (Å²) >= 11 is 0. The molecule has 0 fully saturated rings. The van der Waals surface area contributed by atoms with E-state index in [0.717, 1.165) is 22.1 Å². The van der Waals surface area contributed by atoms with Crippen LogP contribution in [0.25, 0.3) is 21.9 Å². The Morgan fingerprint density at radius 2 is 1.69 bits per heavy atom. The highest BCUT2D eigenvalue weighted by molar-refractivity contribution is 6.07. The van der Waals surface area contributed by atoms with Gasteiger partial charge < -0.3 is 4.42 Å². The maximum atomic E-state index is 13.8. The van der Waals surface area contributed by atoms with Crippen molar-refractivity contribution in [1.82, 2.24) is 0 Å². The van der Waals surface area contributed by atoms with E-state index in [1.165, 1.54) is 6.07 Å². The molecule has 1 heterocycles. The van der Waals surface area contributed by atoms with Crippen LogP contribution in [0.4, 0.5) is 4.39 Å². The normalized spacial score (nSPS) is 11.4. The number of benzene rings is 2. The molecule has 3 rings (SSSR count). The molecule has 16 heavy (non-hydrogen) atoms. The average Bonchev–Trinajstić information content (AvgIpc) is 2.66. The third-order valence-corrected chi connectivity index (χ3v) is 2.99. The van der Waals surface area contributed by atoms with Crippen LogP contribution in [-0.4, -0.2) is 0 Å². The molecule has 0 saturated heterocycles. The number of para-hydroxylation sites is 1. The van der Waals surface area contributed by atoms with Crippen LogP contribution in [-0.2, 0) is 0 Å². The van der Waals surface area contributed by atoms with E-state index in [1.807, 2.05) is 32.0 Å². The third-order valence-electron chi connectivity index (χ3n) is 2.99. The van der Waals surface area contributed by atoms with E-state index < -0.39 is 0 Å². The SMILES string of the molecule is Cc1cccc2c1oc1c(C)ccc(F)c12. The minimum Gasteiger partial charge on any atom is -0.455 e. The molecule has 0 saturated carbocycles. The molecule has 2 heteroatoms. The molecular formula is C14H11FO. The number of fused-ring (bicyclic) bond motifs is 3. The summed E-state index contributed by atoms with van der Waals surface area (Å²) in [5.41, 5.74) is 3.44. The van der Waals surface area contributed by atoms with Crippen LogP contribution < -0.4 is 0 Å². The summed E-state index contributed by atoms with van der Waals surface area (Å²) < 4.78 is 19.6. The van der Waals surface area contributed by atoms with Crippen molar-refractivity contribution in [3.8, 4) is 0 Å². The number of furan rings is 1. The molecule has 0 aliphatic carbocycles. The zero-order valence-corrected chi connectivity index (χ0v) is 9.17. The summed E-state index contributed by atoms with van der Waals surface area (Å²) in [4.78, 5) is 0. The minimum absolute atomic E-state index is 0.218. The first-order chi connectivity index (χ1) is 7.68. The Labute approximate surface area is 92.5 Å². The van der Waals surface area contributed by atoms with Crippen molar-refractivity contribution in [1.29, 1.82) is 0 Å². The largest absolute Gasteiger partial charge is 0.455 e. The molecule has 3 aromatic rings. The first-order valence-corrected chi connectivity index (χ1v) is 5.25. The van der Waals surface area contributed by atoms with Crippen LogP contribution in [0.5, 0.6) is 0 Å². The second-order valence-electron chi connectivity index (χ2n) is 4.12. The lowest BCUT2D eigenvalue weighted by Gasteiger charge is -1.95. The highest BCUT2D eigenvalue weighted by atomic mass is 19.1. The predicted octanol–water partition coefficient (Wildman–Crippen LogP) is 4.34. The van der Waals surface area contributed by atoms with Gasteiger partial charge in [-0.1, -0.05) is 24.3 Å². The maximum absolute atomic E-state index is 13.8. The van der Waals surface area contributed by atoms with Gasteiger partial charge in [0.05, 0.1) is 5.39 Å². The van der Waals surface area contributed by atoms with Gasteiger partial charge >= 0.3 is 0 Å². The fraction of sp³-hybridized carbons (Fsp3) is 0.143. The third kappa shape index (κ3) is 1.10. The van der Waals surface area contributed by atoms with Crippen LogP contribution in [0.2, 0.25) is 0 Å². The number of rotatable bonds is 0. The van der Waals surface area contributed by atoms with Crippen molar-refractivity contribution in [3.63, 3.8) is 0 Å². The summed E-state index contributed by atoms with van der Waals surface area (Å²) in [6, 6.07) is 9.04. The molecule has 80 valence electrons. The van der Waals surface area contributed by atoms with Gasteiger partial charge in [0.2, 0.25) is 0 Å². The summed E-state index contributed by atoms with van der Waals surface area (Å²) in [5.74, 6) is -0.218. The molecule has 1 aromatic heterocycles. The first-order valence-electron chi connectivity index (χ1n) is 5.25. The Hall–Kier alpha value is -1.83. The fourth-order valence-corrected chi connectivity index (χ4v) is 2.13. The van der Waals surface area contributed by atoms with Gasteiger partial charge in [-0.3, -0.25) is 0 Å². The molecule has 0 bridgehead atoms. The Balaban J connectivity index is 2.66. The lowest BCUT2D eigenvalue weighted by atomic mass is 10.1. The van der Waals surface area contributed by atoms with Crippen molar-refractivity contribution in [3.05, 3.63) is 47.3 Å². The fourth-order valence-electron chi connectivity index (χ4n) is 2.13. The standard InChI is InChI=1S/C14H11FO/c1-8-4-3-5-10-12-11(15)7-6-9(2)14(12)16-13(8)10/h3-7H,1-2H3. The van der Waals surface area contributed by atoms with E-state index in [4.69, 9.17) is 4.42 Å². The van der Waals surface area contributed by atoms with E-state index in [0.29, 0.717) is 11.0 Å². The average molecular weight is 214 g/mol. The Morgan fingerprint density at radius 1 is 0.938 bits per heavy atom. The molecule has 2 aromatic carbocycles. The van der Waals surface area contributed by atoms with Gasteiger partial charge in [-0.05, 0) is 31.0 Å². The zero-order valence-electron chi connectivity index (χ0n) is 9.17. The zero-order chi connectivity index (χ0) is 11.3. The van der Waals surface area contributed by atoms with E-state index in [2.05, 4.69) is 0 Å². The highest BCUT2D eigenvalue weighted by Gasteiger charge is 2.13. The number of hydrogen-bond donors (Lipinski definition) is 0. The topological polar surface area (TPSA) is 13.1 Å². The summed E-state index contributed by atoms with van der Waals surface area (Å²) in [7, 11) is 0. The number of aryl methyl sites for hydroxylation is 2. The van der Waals surface area contributed by atoms with Gasteiger partial charge in [-0.15, -0.1) is 0 Å². The lowest BCUT2D eigenvalue weighted by molar-refractivity contribution is 0.632. The Morgan fingerprint density at radius 3 is 2.50 bits per heavy atom. The van der Waals surface area contributed by atoms with Crippen LogP contribution in [0.1, 0.15) is 11.1 Å². The van der Waals surface area contributed by atoms with Gasteiger partial charge in [0.25, 0.3) is 0 Å². The molecule has 0 radical (unpaired) electrons. The Bertz CT molecular complexity index is 695. The van der Waals surface area contributed by atoms with Gasteiger partial charge in [-0.25, -0.2) is 4.39 Å². The van der Waals surface area contributed by atoms with Crippen molar-refractivity contribution in [2.45, 2.75) is 13.8 Å². The molecule has 0 spiro atoms. The predicted molar refractivity (Wildman–Crippen MR) is 63.2 cm³/mol. The maximum Gasteiger partial charge on any atom is 0.141 e. The van der Waals surface area contributed by atoms with Crippen molar-refractivity contribution in [2.75, 3.05) is 0 Å². The molecule has 0 N–H and O–H groups in total. The van der Waals surface area contributed by atoms with Crippen LogP contribution >= 0.6 is 0 Å². The smallest absolute Gasteiger partial charge is 0.141 e. The molecule has 0 aliphatic rings.